The highest BCUT2D eigenvalue weighted by atomic mass is 19.1. The van der Waals surface area contributed by atoms with Gasteiger partial charge < -0.3 is 9.84 Å². The number of aromatic carboxylic acids is 1. The number of ether oxygens (including phenoxy) is 1. The number of halogens is 1. The highest BCUT2D eigenvalue weighted by Crippen LogP contribution is 2.33. The lowest BCUT2D eigenvalue weighted by Crippen LogP contribution is -2.05. The fraction of sp³-hybridized carbons (Fsp3) is 0.409. The number of carboxylic acid groups (broad SMARTS) is 1. The van der Waals surface area contributed by atoms with Crippen LogP contribution in [0.4, 0.5) is 4.39 Å². The van der Waals surface area contributed by atoms with Gasteiger partial charge in [-0.1, -0.05) is 75.8 Å². The van der Waals surface area contributed by atoms with Gasteiger partial charge in [0.2, 0.25) is 0 Å². The minimum Gasteiger partial charge on any atom is -0.490 e. The summed E-state index contributed by atoms with van der Waals surface area (Å²) in [5, 5.41) is 9.37. The number of rotatable bonds is 11. The van der Waals surface area contributed by atoms with Crippen molar-refractivity contribution in [3.8, 4) is 16.9 Å². The van der Waals surface area contributed by atoms with Gasteiger partial charge in [-0.15, -0.1) is 0 Å². The predicted molar refractivity (Wildman–Crippen MR) is 102 cm³/mol. The molecule has 26 heavy (non-hydrogen) atoms. The first kappa shape index (κ1) is 20.0. The van der Waals surface area contributed by atoms with Crippen LogP contribution in [0, 0.1) is 5.82 Å². The molecule has 0 unspecified atom stereocenters. The molecule has 1 N–H and O–H groups in total. The third-order valence-corrected chi connectivity index (χ3v) is 4.40. The Labute approximate surface area is 154 Å². The largest absolute Gasteiger partial charge is 0.490 e. The molecule has 0 bridgehead atoms. The van der Waals surface area contributed by atoms with Gasteiger partial charge in [-0.3, -0.25) is 0 Å². The molecule has 0 fully saturated rings. The van der Waals surface area contributed by atoms with Crippen LogP contribution in [0.25, 0.3) is 11.1 Å². The lowest BCUT2D eigenvalue weighted by Gasteiger charge is -2.13. The van der Waals surface area contributed by atoms with E-state index in [9.17, 15) is 14.3 Å². The molecule has 0 heterocycles. The van der Waals surface area contributed by atoms with Crippen molar-refractivity contribution in [3.05, 3.63) is 53.8 Å². The molecule has 0 aliphatic rings. The second kappa shape index (κ2) is 10.6. The molecule has 0 amide bonds. The highest BCUT2D eigenvalue weighted by molar-refractivity contribution is 5.96. The fourth-order valence-corrected chi connectivity index (χ4v) is 2.97. The van der Waals surface area contributed by atoms with E-state index in [1.807, 2.05) is 6.07 Å². The Hall–Kier alpha value is -2.36. The van der Waals surface area contributed by atoms with Crippen LogP contribution in [-0.4, -0.2) is 17.7 Å². The minimum atomic E-state index is -1.15. The normalized spacial score (nSPS) is 10.7. The van der Waals surface area contributed by atoms with Crippen LogP contribution in [-0.2, 0) is 0 Å². The van der Waals surface area contributed by atoms with Crippen LogP contribution < -0.4 is 4.74 Å². The maximum Gasteiger partial charge on any atom is 0.336 e. The summed E-state index contributed by atoms with van der Waals surface area (Å²) in [5.41, 5.74) is 0.552. The Morgan fingerprint density at radius 3 is 2.27 bits per heavy atom. The third-order valence-electron chi connectivity index (χ3n) is 4.40. The zero-order valence-corrected chi connectivity index (χ0v) is 15.3. The molecule has 0 spiro atoms. The van der Waals surface area contributed by atoms with Gasteiger partial charge in [-0.25, -0.2) is 9.18 Å². The summed E-state index contributed by atoms with van der Waals surface area (Å²) >= 11 is 0. The van der Waals surface area contributed by atoms with Gasteiger partial charge >= 0.3 is 5.97 Å². The molecule has 2 rings (SSSR count). The lowest BCUT2D eigenvalue weighted by molar-refractivity contribution is 0.0697. The van der Waals surface area contributed by atoms with Crippen LogP contribution in [0.2, 0.25) is 0 Å². The molecule has 0 saturated carbocycles. The van der Waals surface area contributed by atoms with Crippen LogP contribution in [0.1, 0.15) is 62.2 Å². The Balaban J connectivity index is 2.01. The van der Waals surface area contributed by atoms with Crippen molar-refractivity contribution in [3.63, 3.8) is 0 Å². The number of hydrogen-bond donors (Lipinski definition) is 1. The zero-order chi connectivity index (χ0) is 18.8. The summed E-state index contributed by atoms with van der Waals surface area (Å²) in [5.74, 6) is -1.65. The van der Waals surface area contributed by atoms with Crippen LogP contribution in [0.3, 0.4) is 0 Å². The van der Waals surface area contributed by atoms with Gasteiger partial charge in [0.15, 0.2) is 11.6 Å². The Kier molecular flexibility index (Phi) is 8.13. The molecular weight excluding hydrogens is 331 g/mol. The van der Waals surface area contributed by atoms with E-state index < -0.39 is 11.8 Å². The average Bonchev–Trinajstić information content (AvgIpc) is 2.65. The standard InChI is InChI=1S/C22H27FO3/c1-2-3-4-5-6-7-11-16-26-19-15-14-18(22(24)25)20(21(19)23)17-12-9-8-10-13-17/h8-10,12-15H,2-7,11,16H2,1H3,(H,24,25). The monoisotopic (exact) mass is 358 g/mol. The van der Waals surface area contributed by atoms with Crippen molar-refractivity contribution in [2.24, 2.45) is 0 Å². The molecule has 0 saturated heterocycles. The number of benzene rings is 2. The van der Waals surface area contributed by atoms with Gasteiger partial charge in [0.25, 0.3) is 0 Å². The van der Waals surface area contributed by atoms with E-state index >= 15 is 0 Å². The van der Waals surface area contributed by atoms with E-state index in [4.69, 9.17) is 4.74 Å². The van der Waals surface area contributed by atoms with Gasteiger partial charge in [0.1, 0.15) is 0 Å². The van der Waals surface area contributed by atoms with E-state index in [1.165, 1.54) is 44.2 Å². The maximum atomic E-state index is 14.9. The summed E-state index contributed by atoms with van der Waals surface area (Å²) in [7, 11) is 0. The van der Waals surface area contributed by atoms with Crippen molar-refractivity contribution in [2.75, 3.05) is 6.61 Å². The maximum absolute atomic E-state index is 14.9. The van der Waals surface area contributed by atoms with Crippen LogP contribution in [0.15, 0.2) is 42.5 Å². The first-order valence-electron chi connectivity index (χ1n) is 9.39. The van der Waals surface area contributed by atoms with E-state index in [0.717, 1.165) is 12.8 Å². The smallest absolute Gasteiger partial charge is 0.336 e. The number of hydrogen-bond acceptors (Lipinski definition) is 2. The lowest BCUT2D eigenvalue weighted by atomic mass is 9.98. The topological polar surface area (TPSA) is 46.5 Å². The summed E-state index contributed by atoms with van der Waals surface area (Å²) in [6, 6.07) is 11.5. The molecule has 140 valence electrons. The number of carbonyl (C=O) groups is 1. The van der Waals surface area contributed by atoms with Crippen molar-refractivity contribution < 1.29 is 19.0 Å². The number of carboxylic acids is 1. The Morgan fingerprint density at radius 1 is 0.962 bits per heavy atom. The van der Waals surface area contributed by atoms with E-state index in [2.05, 4.69) is 6.92 Å². The van der Waals surface area contributed by atoms with E-state index in [-0.39, 0.29) is 16.9 Å². The van der Waals surface area contributed by atoms with Crippen LogP contribution in [0.5, 0.6) is 5.75 Å². The van der Waals surface area contributed by atoms with Gasteiger partial charge in [-0.05, 0) is 24.1 Å². The second-order valence-electron chi connectivity index (χ2n) is 6.44. The molecule has 2 aromatic rings. The van der Waals surface area contributed by atoms with E-state index in [1.54, 1.807) is 24.3 Å². The van der Waals surface area contributed by atoms with Gasteiger partial charge in [-0.2, -0.15) is 0 Å². The highest BCUT2D eigenvalue weighted by Gasteiger charge is 2.20. The van der Waals surface area contributed by atoms with Crippen LogP contribution >= 0.6 is 0 Å². The Bertz CT molecular complexity index is 698. The zero-order valence-electron chi connectivity index (χ0n) is 15.3. The average molecular weight is 358 g/mol. The molecule has 3 nitrogen and oxygen atoms in total. The summed E-state index contributed by atoms with van der Waals surface area (Å²) in [4.78, 5) is 11.5. The molecule has 2 aromatic carbocycles. The molecule has 4 heteroatoms. The predicted octanol–water partition coefficient (Wildman–Crippen LogP) is 6.32. The Morgan fingerprint density at radius 2 is 1.62 bits per heavy atom. The molecule has 0 atom stereocenters. The first-order valence-corrected chi connectivity index (χ1v) is 9.39. The minimum absolute atomic E-state index is 0.0584. The third kappa shape index (κ3) is 5.58. The van der Waals surface area contributed by atoms with Gasteiger partial charge in [0.05, 0.1) is 12.2 Å². The van der Waals surface area contributed by atoms with E-state index in [0.29, 0.717) is 12.2 Å². The SMILES string of the molecule is CCCCCCCCCOc1ccc(C(=O)O)c(-c2ccccc2)c1F. The molecule has 0 aliphatic carbocycles. The van der Waals surface area contributed by atoms with Crippen molar-refractivity contribution in [2.45, 2.75) is 51.9 Å². The molecule has 0 radical (unpaired) electrons. The molecule has 0 aromatic heterocycles. The van der Waals surface area contributed by atoms with Gasteiger partial charge in [0, 0.05) is 5.56 Å². The molecule has 0 aliphatic heterocycles. The fourth-order valence-electron chi connectivity index (χ4n) is 2.97. The summed E-state index contributed by atoms with van der Waals surface area (Å²) < 4.78 is 20.5. The van der Waals surface area contributed by atoms with Crippen molar-refractivity contribution in [1.29, 1.82) is 0 Å². The van der Waals surface area contributed by atoms with Crippen molar-refractivity contribution >= 4 is 5.97 Å². The second-order valence-corrected chi connectivity index (χ2v) is 6.44. The number of unbranched alkanes of at least 4 members (excludes halogenated alkanes) is 6. The summed E-state index contributed by atoms with van der Waals surface area (Å²) in [6.45, 7) is 2.63. The first-order chi connectivity index (χ1) is 12.6. The van der Waals surface area contributed by atoms with Crippen molar-refractivity contribution in [1.82, 2.24) is 0 Å². The molecular formula is C22H27FO3. The quantitative estimate of drug-likeness (QED) is 0.478. The summed E-state index contributed by atoms with van der Waals surface area (Å²) in [6.07, 6.45) is 8.10.